The van der Waals surface area contributed by atoms with Gasteiger partial charge in [0, 0.05) is 43.5 Å². The van der Waals surface area contributed by atoms with E-state index in [0.717, 1.165) is 38.7 Å². The second kappa shape index (κ2) is 8.22. The molecule has 1 rings (SSSR count). The third-order valence-electron chi connectivity index (χ3n) is 3.07. The third kappa shape index (κ3) is 5.88. The van der Waals surface area contributed by atoms with E-state index < -0.39 is 0 Å². The molecular weight excluding hydrogens is 250 g/mol. The molecule has 1 heterocycles. The molecule has 0 aliphatic heterocycles. The molecule has 4 heteroatoms. The monoisotopic (exact) mass is 279 g/mol. The first-order chi connectivity index (χ1) is 9.48. The fraction of sp³-hybridized carbons (Fsp3) is 0.688. The molecule has 0 amide bonds. The molecule has 1 aromatic heterocycles. The van der Waals surface area contributed by atoms with E-state index in [2.05, 4.69) is 49.0 Å². The zero-order valence-electron chi connectivity index (χ0n) is 13.6. The maximum Gasteiger partial charge on any atom is 0.133 e. The van der Waals surface area contributed by atoms with Crippen LogP contribution in [0.15, 0.2) is 18.3 Å². The number of likely N-dealkylation sites (N-methyl/N-ethyl adjacent to an activating group) is 1. The molecule has 0 atom stereocenters. The van der Waals surface area contributed by atoms with Gasteiger partial charge < -0.3 is 15.0 Å². The maximum atomic E-state index is 5.46. The Morgan fingerprint density at radius 2 is 2.05 bits per heavy atom. The van der Waals surface area contributed by atoms with Crippen molar-refractivity contribution in [2.75, 3.05) is 31.2 Å². The van der Waals surface area contributed by atoms with Gasteiger partial charge in [0.15, 0.2) is 0 Å². The summed E-state index contributed by atoms with van der Waals surface area (Å²) in [6.07, 6.45) is 1.86. The minimum absolute atomic E-state index is 0.107. The van der Waals surface area contributed by atoms with Crippen LogP contribution in [0.3, 0.4) is 0 Å². The Kier molecular flexibility index (Phi) is 6.96. The van der Waals surface area contributed by atoms with Crippen LogP contribution in [0.5, 0.6) is 0 Å². The first-order valence-corrected chi connectivity index (χ1v) is 7.49. The van der Waals surface area contributed by atoms with E-state index in [-0.39, 0.29) is 5.54 Å². The molecule has 0 radical (unpaired) electrons. The van der Waals surface area contributed by atoms with Crippen molar-refractivity contribution >= 4 is 5.82 Å². The van der Waals surface area contributed by atoms with Crippen LogP contribution < -0.4 is 10.2 Å². The molecule has 0 spiro atoms. The van der Waals surface area contributed by atoms with Crippen molar-refractivity contribution in [1.29, 1.82) is 0 Å². The number of pyridine rings is 1. The molecule has 0 bridgehead atoms. The van der Waals surface area contributed by atoms with Gasteiger partial charge in [-0.05, 0) is 40.7 Å². The van der Waals surface area contributed by atoms with Crippen LogP contribution in [-0.4, -0.2) is 36.8 Å². The molecule has 1 N–H and O–H groups in total. The molecule has 0 aliphatic rings. The van der Waals surface area contributed by atoms with E-state index in [9.17, 15) is 0 Å². The lowest BCUT2D eigenvalue weighted by Crippen LogP contribution is -2.36. The minimum atomic E-state index is 0.107. The van der Waals surface area contributed by atoms with Crippen molar-refractivity contribution in [3.05, 3.63) is 23.9 Å². The summed E-state index contributed by atoms with van der Waals surface area (Å²) in [5.41, 5.74) is 1.34. The number of hydrogen-bond acceptors (Lipinski definition) is 4. The van der Waals surface area contributed by atoms with E-state index in [4.69, 9.17) is 4.74 Å². The number of ether oxygens (including phenoxy) is 1. The highest BCUT2D eigenvalue weighted by molar-refractivity contribution is 5.46. The van der Waals surface area contributed by atoms with Gasteiger partial charge in [0.05, 0.1) is 6.61 Å². The van der Waals surface area contributed by atoms with Crippen LogP contribution in [-0.2, 0) is 11.3 Å². The Morgan fingerprint density at radius 1 is 1.30 bits per heavy atom. The van der Waals surface area contributed by atoms with Gasteiger partial charge in [-0.2, -0.15) is 0 Å². The Morgan fingerprint density at radius 3 is 2.65 bits per heavy atom. The predicted octanol–water partition coefficient (Wildman–Crippen LogP) is 2.83. The number of rotatable bonds is 8. The van der Waals surface area contributed by atoms with Crippen molar-refractivity contribution in [2.24, 2.45) is 0 Å². The Balaban J connectivity index is 2.76. The lowest BCUT2D eigenvalue weighted by atomic mass is 10.1. The second-order valence-electron chi connectivity index (χ2n) is 5.87. The number of hydrogen-bond donors (Lipinski definition) is 1. The van der Waals surface area contributed by atoms with Crippen molar-refractivity contribution < 1.29 is 4.74 Å². The highest BCUT2D eigenvalue weighted by atomic mass is 16.5. The van der Waals surface area contributed by atoms with Crippen LogP contribution >= 0.6 is 0 Å². The quantitative estimate of drug-likeness (QED) is 0.743. The molecule has 0 aromatic carbocycles. The fourth-order valence-electron chi connectivity index (χ4n) is 1.95. The standard InChI is InChI=1S/C16H29N3O/c1-6-19(11-12-20-7-2)15-14(9-8-10-17-15)13-18-16(3,4)5/h8-10,18H,6-7,11-13H2,1-5H3. The summed E-state index contributed by atoms with van der Waals surface area (Å²) in [5.74, 6) is 1.06. The van der Waals surface area contributed by atoms with Crippen LogP contribution in [0.1, 0.15) is 40.2 Å². The van der Waals surface area contributed by atoms with Crippen LogP contribution in [0.4, 0.5) is 5.82 Å². The lowest BCUT2D eigenvalue weighted by molar-refractivity contribution is 0.154. The summed E-state index contributed by atoms with van der Waals surface area (Å²) in [4.78, 5) is 6.83. The van der Waals surface area contributed by atoms with E-state index in [1.807, 2.05) is 19.2 Å². The summed E-state index contributed by atoms with van der Waals surface area (Å²) in [5, 5.41) is 3.53. The molecule has 0 aliphatic carbocycles. The van der Waals surface area contributed by atoms with E-state index in [1.54, 1.807) is 0 Å². The molecule has 0 saturated heterocycles. The summed E-state index contributed by atoms with van der Waals surface area (Å²) >= 11 is 0. The topological polar surface area (TPSA) is 37.4 Å². The first-order valence-electron chi connectivity index (χ1n) is 7.49. The van der Waals surface area contributed by atoms with Crippen molar-refractivity contribution in [3.8, 4) is 0 Å². The van der Waals surface area contributed by atoms with Crippen molar-refractivity contribution in [2.45, 2.75) is 46.7 Å². The predicted molar refractivity (Wildman–Crippen MR) is 85.2 cm³/mol. The zero-order chi connectivity index (χ0) is 15.0. The highest BCUT2D eigenvalue weighted by Gasteiger charge is 2.14. The summed E-state index contributed by atoms with van der Waals surface area (Å²) in [6, 6.07) is 4.14. The molecular formula is C16H29N3O. The minimum Gasteiger partial charge on any atom is -0.380 e. The van der Waals surface area contributed by atoms with Gasteiger partial charge in [-0.1, -0.05) is 6.07 Å². The molecule has 0 unspecified atom stereocenters. The van der Waals surface area contributed by atoms with E-state index in [1.165, 1.54) is 5.56 Å². The lowest BCUT2D eigenvalue weighted by Gasteiger charge is -2.26. The van der Waals surface area contributed by atoms with Gasteiger partial charge >= 0.3 is 0 Å². The number of nitrogens with zero attached hydrogens (tertiary/aromatic N) is 2. The third-order valence-corrected chi connectivity index (χ3v) is 3.07. The van der Waals surface area contributed by atoms with E-state index in [0.29, 0.717) is 0 Å². The number of anilines is 1. The summed E-state index contributed by atoms with van der Waals surface area (Å²) in [6.45, 7) is 14.9. The second-order valence-corrected chi connectivity index (χ2v) is 5.87. The average Bonchev–Trinajstić information content (AvgIpc) is 2.41. The van der Waals surface area contributed by atoms with Gasteiger partial charge in [-0.3, -0.25) is 0 Å². The Bertz CT molecular complexity index is 388. The van der Waals surface area contributed by atoms with Crippen molar-refractivity contribution in [1.82, 2.24) is 10.3 Å². The summed E-state index contributed by atoms with van der Waals surface area (Å²) < 4.78 is 5.46. The fourth-order valence-corrected chi connectivity index (χ4v) is 1.95. The smallest absolute Gasteiger partial charge is 0.133 e. The van der Waals surface area contributed by atoms with Gasteiger partial charge in [-0.25, -0.2) is 4.98 Å². The van der Waals surface area contributed by atoms with Gasteiger partial charge in [0.2, 0.25) is 0 Å². The highest BCUT2D eigenvalue weighted by Crippen LogP contribution is 2.17. The number of nitrogens with one attached hydrogen (secondary N) is 1. The first kappa shape index (κ1) is 16.9. The zero-order valence-corrected chi connectivity index (χ0v) is 13.6. The van der Waals surface area contributed by atoms with Gasteiger partial charge in [0.1, 0.15) is 5.82 Å². The molecule has 4 nitrogen and oxygen atoms in total. The van der Waals surface area contributed by atoms with Crippen LogP contribution in [0.25, 0.3) is 0 Å². The molecule has 20 heavy (non-hydrogen) atoms. The van der Waals surface area contributed by atoms with E-state index >= 15 is 0 Å². The molecule has 0 fully saturated rings. The average molecular weight is 279 g/mol. The Labute approximate surface area is 123 Å². The molecule has 1 aromatic rings. The van der Waals surface area contributed by atoms with Crippen LogP contribution in [0.2, 0.25) is 0 Å². The SMILES string of the molecule is CCOCCN(CC)c1ncccc1CNC(C)(C)C. The Hall–Kier alpha value is -1.13. The van der Waals surface area contributed by atoms with Crippen molar-refractivity contribution in [3.63, 3.8) is 0 Å². The largest absolute Gasteiger partial charge is 0.380 e. The maximum absolute atomic E-state index is 5.46. The molecule has 114 valence electrons. The molecule has 0 saturated carbocycles. The van der Waals surface area contributed by atoms with Gasteiger partial charge in [0.25, 0.3) is 0 Å². The van der Waals surface area contributed by atoms with Crippen LogP contribution in [0, 0.1) is 0 Å². The number of aromatic nitrogens is 1. The van der Waals surface area contributed by atoms with Gasteiger partial charge in [-0.15, -0.1) is 0 Å². The normalized spacial score (nSPS) is 11.7. The summed E-state index contributed by atoms with van der Waals surface area (Å²) in [7, 11) is 0.